The van der Waals surface area contributed by atoms with Crippen LogP contribution in [0.2, 0.25) is 0 Å². The van der Waals surface area contributed by atoms with E-state index in [0.29, 0.717) is 6.54 Å². The first kappa shape index (κ1) is 18.2. The van der Waals surface area contributed by atoms with E-state index in [9.17, 15) is 9.00 Å². The van der Waals surface area contributed by atoms with Crippen molar-refractivity contribution < 1.29 is 9.00 Å². The van der Waals surface area contributed by atoms with Crippen LogP contribution in [0.1, 0.15) is 35.2 Å². The lowest BCUT2D eigenvalue weighted by molar-refractivity contribution is 0.237. The molecule has 0 unspecified atom stereocenters. The van der Waals surface area contributed by atoms with E-state index in [1.165, 1.54) is 11.1 Å². The quantitative estimate of drug-likeness (QED) is 0.871. The highest BCUT2D eigenvalue weighted by molar-refractivity contribution is 7.84. The average molecular weight is 344 g/mol. The third-order valence-electron chi connectivity index (χ3n) is 4.17. The molecular formula is C19H24N2O2S. The molecular weight excluding hydrogens is 320 g/mol. The molecule has 2 amide bonds. The van der Waals surface area contributed by atoms with Crippen LogP contribution in [0.4, 0.5) is 4.79 Å². The molecule has 0 spiro atoms. The van der Waals surface area contributed by atoms with E-state index >= 15 is 0 Å². The normalized spacial score (nSPS) is 13.2. The monoisotopic (exact) mass is 344 g/mol. The number of hydrogen-bond donors (Lipinski definition) is 2. The zero-order valence-corrected chi connectivity index (χ0v) is 15.4. The molecule has 4 nitrogen and oxygen atoms in total. The van der Waals surface area contributed by atoms with Gasteiger partial charge in [0.15, 0.2) is 0 Å². The molecule has 2 aromatic carbocycles. The number of urea groups is 1. The molecule has 0 radical (unpaired) electrons. The molecule has 2 aromatic rings. The standard InChI is InChI=1S/C19H24N2O2S/c1-13-6-5-7-18(14(13)2)15(3)21-19(22)20-12-16-8-10-17(11-9-16)24(4)23/h5-11,15H,12H2,1-4H3,(H2,20,21,22)/t15-,24+/m0/s1. The molecule has 2 N–H and O–H groups in total. The number of rotatable bonds is 5. The Morgan fingerprint density at radius 1 is 1.12 bits per heavy atom. The summed E-state index contributed by atoms with van der Waals surface area (Å²) in [7, 11) is -0.983. The fraction of sp³-hybridized carbons (Fsp3) is 0.316. The Morgan fingerprint density at radius 3 is 2.42 bits per heavy atom. The minimum atomic E-state index is -0.983. The second-order valence-corrected chi connectivity index (χ2v) is 7.32. The van der Waals surface area contributed by atoms with Crippen LogP contribution in [0, 0.1) is 13.8 Å². The number of carbonyl (C=O) groups is 1. The summed E-state index contributed by atoms with van der Waals surface area (Å²) in [5.74, 6) is 0. The van der Waals surface area contributed by atoms with E-state index < -0.39 is 10.8 Å². The van der Waals surface area contributed by atoms with Gasteiger partial charge in [-0.1, -0.05) is 30.3 Å². The van der Waals surface area contributed by atoms with Gasteiger partial charge in [-0.15, -0.1) is 0 Å². The van der Waals surface area contributed by atoms with Gasteiger partial charge in [0.05, 0.1) is 6.04 Å². The molecule has 0 fully saturated rings. The van der Waals surface area contributed by atoms with Crippen molar-refractivity contribution in [1.29, 1.82) is 0 Å². The number of aryl methyl sites for hydroxylation is 1. The van der Waals surface area contributed by atoms with Gasteiger partial charge in [-0.25, -0.2) is 4.79 Å². The number of nitrogens with one attached hydrogen (secondary N) is 2. The second kappa shape index (κ2) is 8.11. The van der Waals surface area contributed by atoms with Crippen molar-refractivity contribution in [3.05, 3.63) is 64.7 Å². The predicted molar refractivity (Wildman–Crippen MR) is 98.5 cm³/mol. The molecule has 0 aliphatic carbocycles. The highest BCUT2D eigenvalue weighted by Crippen LogP contribution is 2.19. The van der Waals surface area contributed by atoms with Crippen molar-refractivity contribution in [3.63, 3.8) is 0 Å². The fourth-order valence-corrected chi connectivity index (χ4v) is 3.07. The zero-order chi connectivity index (χ0) is 17.7. The molecule has 0 heterocycles. The van der Waals surface area contributed by atoms with Crippen molar-refractivity contribution in [2.45, 2.75) is 38.3 Å². The van der Waals surface area contributed by atoms with Crippen molar-refractivity contribution in [2.75, 3.05) is 6.26 Å². The van der Waals surface area contributed by atoms with Crippen LogP contribution in [-0.2, 0) is 17.3 Å². The lowest BCUT2D eigenvalue weighted by Gasteiger charge is -2.18. The summed E-state index contributed by atoms with van der Waals surface area (Å²) in [6.07, 6.45) is 1.65. The molecule has 0 saturated carbocycles. The molecule has 5 heteroatoms. The summed E-state index contributed by atoms with van der Waals surface area (Å²) in [5.41, 5.74) is 4.52. The van der Waals surface area contributed by atoms with Crippen molar-refractivity contribution in [1.82, 2.24) is 10.6 Å². The maximum atomic E-state index is 12.1. The Kier molecular flexibility index (Phi) is 6.15. The first-order valence-electron chi connectivity index (χ1n) is 7.91. The summed E-state index contributed by atoms with van der Waals surface area (Å²) in [4.78, 5) is 12.9. The van der Waals surface area contributed by atoms with Gasteiger partial charge in [-0.2, -0.15) is 0 Å². The van der Waals surface area contributed by atoms with Crippen LogP contribution in [0.5, 0.6) is 0 Å². The number of benzene rings is 2. The van der Waals surface area contributed by atoms with E-state index in [1.54, 1.807) is 6.26 Å². The molecule has 24 heavy (non-hydrogen) atoms. The maximum Gasteiger partial charge on any atom is 0.315 e. The van der Waals surface area contributed by atoms with Crippen LogP contribution in [-0.4, -0.2) is 16.5 Å². The Morgan fingerprint density at radius 2 is 1.79 bits per heavy atom. The van der Waals surface area contributed by atoms with Gasteiger partial charge in [0.2, 0.25) is 0 Å². The third-order valence-corrected chi connectivity index (χ3v) is 5.11. The fourth-order valence-electron chi connectivity index (χ4n) is 2.55. The van der Waals surface area contributed by atoms with Gasteiger partial charge in [0, 0.05) is 28.5 Å². The number of carbonyl (C=O) groups excluding carboxylic acids is 1. The van der Waals surface area contributed by atoms with Crippen LogP contribution in [0.25, 0.3) is 0 Å². The van der Waals surface area contributed by atoms with E-state index in [0.717, 1.165) is 16.0 Å². The molecule has 128 valence electrons. The number of amides is 2. The largest absolute Gasteiger partial charge is 0.334 e. The minimum Gasteiger partial charge on any atom is -0.334 e. The molecule has 0 aromatic heterocycles. The molecule has 0 bridgehead atoms. The van der Waals surface area contributed by atoms with Crippen molar-refractivity contribution >= 4 is 16.8 Å². The first-order valence-corrected chi connectivity index (χ1v) is 9.47. The SMILES string of the molecule is Cc1cccc([C@H](C)NC(=O)NCc2ccc([S@@](C)=O)cc2)c1C. The first-order chi connectivity index (χ1) is 11.4. The molecule has 2 rings (SSSR count). The average Bonchev–Trinajstić information content (AvgIpc) is 2.55. The van der Waals surface area contributed by atoms with Gasteiger partial charge < -0.3 is 10.6 Å². The molecule has 0 aliphatic heterocycles. The molecule has 2 atom stereocenters. The Balaban J connectivity index is 1.91. The highest BCUT2D eigenvalue weighted by Gasteiger charge is 2.12. The van der Waals surface area contributed by atoms with Gasteiger partial charge in [-0.3, -0.25) is 4.21 Å². The summed E-state index contributed by atoms with van der Waals surface area (Å²) in [6.45, 7) is 6.55. The highest BCUT2D eigenvalue weighted by atomic mass is 32.2. The van der Waals surface area contributed by atoms with Crippen LogP contribution in [0.3, 0.4) is 0 Å². The summed E-state index contributed by atoms with van der Waals surface area (Å²) in [6, 6.07) is 13.3. The predicted octanol–water partition coefficient (Wildman–Crippen LogP) is 3.60. The topological polar surface area (TPSA) is 58.2 Å². The number of hydrogen-bond acceptors (Lipinski definition) is 2. The summed E-state index contributed by atoms with van der Waals surface area (Å²) in [5, 5.41) is 5.82. The van der Waals surface area contributed by atoms with E-state index in [-0.39, 0.29) is 12.1 Å². The maximum absolute atomic E-state index is 12.1. The van der Waals surface area contributed by atoms with Gasteiger partial charge >= 0.3 is 6.03 Å². The third kappa shape index (κ3) is 4.68. The van der Waals surface area contributed by atoms with E-state index in [1.807, 2.05) is 43.3 Å². The smallest absolute Gasteiger partial charge is 0.315 e. The van der Waals surface area contributed by atoms with E-state index in [4.69, 9.17) is 0 Å². The van der Waals surface area contributed by atoms with Crippen LogP contribution >= 0.6 is 0 Å². The zero-order valence-electron chi connectivity index (χ0n) is 14.6. The van der Waals surface area contributed by atoms with E-state index in [2.05, 4.69) is 30.5 Å². The van der Waals surface area contributed by atoms with Crippen LogP contribution in [0.15, 0.2) is 47.4 Å². The minimum absolute atomic E-state index is 0.0604. The summed E-state index contributed by atoms with van der Waals surface area (Å²) >= 11 is 0. The Bertz CT molecular complexity index is 742. The van der Waals surface area contributed by atoms with Gasteiger partial charge in [0.25, 0.3) is 0 Å². The van der Waals surface area contributed by atoms with Gasteiger partial charge in [0.1, 0.15) is 0 Å². The van der Waals surface area contributed by atoms with Crippen LogP contribution < -0.4 is 10.6 Å². The Hall–Kier alpha value is -2.14. The lowest BCUT2D eigenvalue weighted by atomic mass is 9.98. The summed E-state index contributed by atoms with van der Waals surface area (Å²) < 4.78 is 11.4. The second-order valence-electron chi connectivity index (χ2n) is 5.94. The van der Waals surface area contributed by atoms with Crippen molar-refractivity contribution in [2.24, 2.45) is 0 Å². The lowest BCUT2D eigenvalue weighted by Crippen LogP contribution is -2.36. The Labute approximate surface area is 146 Å². The van der Waals surface area contributed by atoms with Gasteiger partial charge in [-0.05, 0) is 55.2 Å². The van der Waals surface area contributed by atoms with Crippen molar-refractivity contribution in [3.8, 4) is 0 Å². The molecule has 0 aliphatic rings. The molecule has 0 saturated heterocycles.